The monoisotopic (exact) mass is 374 g/mol. The summed E-state index contributed by atoms with van der Waals surface area (Å²) in [5.41, 5.74) is 0. The van der Waals surface area contributed by atoms with Crippen LogP contribution in [0.15, 0.2) is 0 Å². The van der Waals surface area contributed by atoms with Gasteiger partial charge in [-0.25, -0.2) is 14.7 Å². The molecule has 0 aromatic carbocycles. The molecule has 0 saturated carbocycles. The minimum absolute atomic E-state index is 0.201. The fourth-order valence-electron chi connectivity index (χ4n) is 1.82. The van der Waals surface area contributed by atoms with E-state index in [-0.39, 0.29) is 13.0 Å². The lowest BCUT2D eigenvalue weighted by Crippen LogP contribution is -2.23. The molecule has 144 valence electrons. The summed E-state index contributed by atoms with van der Waals surface area (Å²) in [6.07, 6.45) is 3.01. The molecule has 0 rings (SSSR count). The molecule has 0 heterocycles. The molecule has 0 aliphatic rings. The van der Waals surface area contributed by atoms with Crippen LogP contribution in [-0.2, 0) is 28.2 Å². The number of methoxy groups -OCH3 is 1. The second kappa shape index (κ2) is 13.7. The Bertz CT molecular complexity index is 368. The standard InChI is InChI=1S/C13H27O10P/c1-20-13(23-16)8-6-4-2-3-5-7-12(15)21-9-11(14)10-22-24(17,18)19/h11,13-14,16H,2-10H2,1H3,(H2,17,18,19). The fraction of sp³-hybridized carbons (Fsp3) is 0.923. The van der Waals surface area contributed by atoms with Gasteiger partial charge in [-0.05, 0) is 12.8 Å². The molecule has 0 aromatic rings. The Kier molecular flexibility index (Phi) is 13.4. The number of carbonyl (C=O) groups is 1. The van der Waals surface area contributed by atoms with Crippen LogP contribution in [0, 0.1) is 0 Å². The summed E-state index contributed by atoms with van der Waals surface area (Å²) in [7, 11) is -3.19. The number of unbranched alkanes of at least 4 members (excludes halogenated alkanes) is 4. The van der Waals surface area contributed by atoms with Crippen LogP contribution in [0.3, 0.4) is 0 Å². The van der Waals surface area contributed by atoms with Crippen molar-refractivity contribution < 1.29 is 48.4 Å². The van der Waals surface area contributed by atoms with Gasteiger partial charge in [0.25, 0.3) is 0 Å². The number of hydrogen-bond donors (Lipinski definition) is 4. The summed E-state index contributed by atoms with van der Waals surface area (Å²) in [6.45, 7) is -0.990. The average molecular weight is 374 g/mol. The molecule has 0 radical (unpaired) electrons. The lowest BCUT2D eigenvalue weighted by atomic mass is 10.1. The second-order valence-corrected chi connectivity index (χ2v) is 6.44. The summed E-state index contributed by atoms with van der Waals surface area (Å²) in [5.74, 6) is -0.488. The molecule has 11 heteroatoms. The van der Waals surface area contributed by atoms with Crippen LogP contribution in [0.25, 0.3) is 0 Å². The van der Waals surface area contributed by atoms with Gasteiger partial charge in [0.05, 0.1) is 6.61 Å². The molecule has 2 unspecified atom stereocenters. The van der Waals surface area contributed by atoms with E-state index in [0.717, 1.165) is 25.7 Å². The zero-order valence-corrected chi connectivity index (χ0v) is 14.6. The van der Waals surface area contributed by atoms with Crippen LogP contribution >= 0.6 is 7.82 Å². The number of rotatable bonds is 15. The van der Waals surface area contributed by atoms with Gasteiger partial charge in [-0.2, -0.15) is 0 Å². The normalized spacial score (nSPS) is 14.4. The van der Waals surface area contributed by atoms with Crippen LogP contribution < -0.4 is 0 Å². The minimum atomic E-state index is -4.64. The number of aliphatic hydroxyl groups excluding tert-OH is 1. The van der Waals surface area contributed by atoms with E-state index in [1.165, 1.54) is 7.11 Å². The maximum absolute atomic E-state index is 11.4. The van der Waals surface area contributed by atoms with E-state index in [9.17, 15) is 14.5 Å². The van der Waals surface area contributed by atoms with Crippen molar-refractivity contribution in [3.63, 3.8) is 0 Å². The molecular formula is C13H27O10P. The molecule has 0 bridgehead atoms. The highest BCUT2D eigenvalue weighted by atomic mass is 31.2. The Labute approximate surface area is 140 Å². The third kappa shape index (κ3) is 15.0. The van der Waals surface area contributed by atoms with Crippen molar-refractivity contribution in [1.82, 2.24) is 0 Å². The number of phosphoric ester groups is 1. The van der Waals surface area contributed by atoms with Gasteiger partial charge in [0.2, 0.25) is 0 Å². The van der Waals surface area contributed by atoms with Gasteiger partial charge >= 0.3 is 13.8 Å². The molecule has 0 fully saturated rings. The summed E-state index contributed by atoms with van der Waals surface area (Å²) in [4.78, 5) is 32.4. The Balaban J connectivity index is 3.51. The second-order valence-electron chi connectivity index (χ2n) is 5.20. The van der Waals surface area contributed by atoms with Crippen LogP contribution in [-0.4, -0.2) is 58.8 Å². The SMILES string of the molecule is COC(CCCCCCCC(=O)OCC(O)COP(=O)(O)O)OO. The molecule has 24 heavy (non-hydrogen) atoms. The van der Waals surface area contributed by atoms with Crippen molar-refractivity contribution in [3.8, 4) is 0 Å². The topological polar surface area (TPSA) is 152 Å². The molecule has 0 aliphatic carbocycles. The molecular weight excluding hydrogens is 347 g/mol. The van der Waals surface area contributed by atoms with Crippen molar-refractivity contribution >= 4 is 13.8 Å². The first kappa shape index (κ1) is 23.4. The van der Waals surface area contributed by atoms with E-state index in [0.29, 0.717) is 12.8 Å². The van der Waals surface area contributed by atoms with Crippen LogP contribution in [0.1, 0.15) is 44.9 Å². The predicted octanol–water partition coefficient (Wildman–Crippen LogP) is 1.19. The van der Waals surface area contributed by atoms with Crippen LogP contribution in [0.2, 0.25) is 0 Å². The lowest BCUT2D eigenvalue weighted by Gasteiger charge is -2.12. The third-order valence-electron chi connectivity index (χ3n) is 3.07. The van der Waals surface area contributed by atoms with Gasteiger partial charge in [0.15, 0.2) is 6.29 Å². The van der Waals surface area contributed by atoms with Crippen molar-refractivity contribution in [2.24, 2.45) is 0 Å². The van der Waals surface area contributed by atoms with Crippen molar-refractivity contribution in [1.29, 1.82) is 0 Å². The Morgan fingerprint density at radius 1 is 1.08 bits per heavy atom. The van der Waals surface area contributed by atoms with E-state index in [1.807, 2.05) is 0 Å². The van der Waals surface area contributed by atoms with Crippen LogP contribution in [0.4, 0.5) is 0 Å². The lowest BCUT2D eigenvalue weighted by molar-refractivity contribution is -0.341. The first-order valence-corrected chi connectivity index (χ1v) is 9.18. The number of ether oxygens (including phenoxy) is 2. The quantitative estimate of drug-likeness (QED) is 0.0821. The largest absolute Gasteiger partial charge is 0.469 e. The maximum Gasteiger partial charge on any atom is 0.469 e. The summed E-state index contributed by atoms with van der Waals surface area (Å²) in [6, 6.07) is 0. The average Bonchev–Trinajstić information content (AvgIpc) is 2.53. The van der Waals surface area contributed by atoms with Gasteiger partial charge in [-0.15, -0.1) is 0 Å². The van der Waals surface area contributed by atoms with Gasteiger partial charge in [-0.1, -0.05) is 19.3 Å². The van der Waals surface area contributed by atoms with Crippen molar-refractivity contribution in [3.05, 3.63) is 0 Å². The fourth-order valence-corrected chi connectivity index (χ4v) is 2.18. The number of carbonyl (C=O) groups excluding carboxylic acids is 1. The van der Waals surface area contributed by atoms with Gasteiger partial charge in [0.1, 0.15) is 12.7 Å². The smallest absolute Gasteiger partial charge is 0.463 e. The predicted molar refractivity (Wildman–Crippen MR) is 81.8 cm³/mol. The highest BCUT2D eigenvalue weighted by Gasteiger charge is 2.17. The molecule has 4 N–H and O–H groups in total. The molecule has 0 spiro atoms. The number of esters is 1. The first-order chi connectivity index (χ1) is 11.3. The highest BCUT2D eigenvalue weighted by Crippen LogP contribution is 2.35. The molecule has 0 aromatic heterocycles. The van der Waals surface area contributed by atoms with E-state index >= 15 is 0 Å². The van der Waals surface area contributed by atoms with Gasteiger partial charge in [-0.3, -0.25) is 9.32 Å². The maximum atomic E-state index is 11.4. The van der Waals surface area contributed by atoms with E-state index in [1.54, 1.807) is 0 Å². The third-order valence-corrected chi connectivity index (χ3v) is 3.56. The van der Waals surface area contributed by atoms with E-state index in [2.05, 4.69) is 9.41 Å². The number of phosphoric acid groups is 1. The molecule has 0 saturated heterocycles. The van der Waals surface area contributed by atoms with E-state index in [4.69, 9.17) is 24.5 Å². The van der Waals surface area contributed by atoms with Gasteiger partial charge < -0.3 is 24.4 Å². The summed E-state index contributed by atoms with van der Waals surface area (Å²) in [5, 5.41) is 17.8. The number of hydrogen-bond acceptors (Lipinski definition) is 8. The first-order valence-electron chi connectivity index (χ1n) is 7.65. The highest BCUT2D eigenvalue weighted by molar-refractivity contribution is 7.46. The van der Waals surface area contributed by atoms with Crippen molar-refractivity contribution in [2.45, 2.75) is 57.3 Å². The van der Waals surface area contributed by atoms with E-state index < -0.39 is 32.8 Å². The Hall–Kier alpha value is -0.580. The molecule has 0 amide bonds. The van der Waals surface area contributed by atoms with Gasteiger partial charge in [0, 0.05) is 20.0 Å². The molecule has 10 nitrogen and oxygen atoms in total. The summed E-state index contributed by atoms with van der Waals surface area (Å²) >= 11 is 0. The minimum Gasteiger partial charge on any atom is -0.463 e. The molecule has 0 aliphatic heterocycles. The summed E-state index contributed by atoms with van der Waals surface area (Å²) < 4.78 is 24.1. The van der Waals surface area contributed by atoms with Crippen molar-refractivity contribution in [2.75, 3.05) is 20.3 Å². The zero-order valence-electron chi connectivity index (χ0n) is 13.7. The Morgan fingerprint density at radius 2 is 1.71 bits per heavy atom. The molecule has 2 atom stereocenters. The Morgan fingerprint density at radius 3 is 2.29 bits per heavy atom. The van der Waals surface area contributed by atoms with Crippen LogP contribution in [0.5, 0.6) is 0 Å². The number of aliphatic hydroxyl groups is 1. The zero-order chi connectivity index (χ0) is 18.4.